The largest absolute Gasteiger partial charge is 0.0776 e. The van der Waals surface area contributed by atoms with Crippen LogP contribution in [-0.4, -0.2) is 0 Å². The van der Waals surface area contributed by atoms with E-state index in [9.17, 15) is 0 Å². The van der Waals surface area contributed by atoms with Crippen molar-refractivity contribution < 1.29 is 0 Å². The van der Waals surface area contributed by atoms with Crippen molar-refractivity contribution in [3.63, 3.8) is 0 Å². The summed E-state index contributed by atoms with van der Waals surface area (Å²) in [5.41, 5.74) is 4.22. The summed E-state index contributed by atoms with van der Waals surface area (Å²) in [6, 6.07) is 54.7. The van der Waals surface area contributed by atoms with Crippen molar-refractivity contribution in [2.75, 3.05) is 0 Å². The van der Waals surface area contributed by atoms with Gasteiger partial charge >= 0.3 is 0 Å². The van der Waals surface area contributed by atoms with E-state index in [4.69, 9.17) is 0 Å². The minimum absolute atomic E-state index is 0. The Labute approximate surface area is 305 Å². The van der Waals surface area contributed by atoms with E-state index in [0.717, 1.165) is 19.3 Å². The Balaban J connectivity index is 0.000000686. The van der Waals surface area contributed by atoms with E-state index in [1.54, 1.807) is 0 Å². The van der Waals surface area contributed by atoms with Crippen molar-refractivity contribution in [3.05, 3.63) is 168 Å². The molecule has 0 radical (unpaired) electrons. The van der Waals surface area contributed by atoms with Crippen LogP contribution in [0.1, 0.15) is 82.0 Å². The molecule has 0 amide bonds. The second-order valence-corrected chi connectivity index (χ2v) is 11.5. The topological polar surface area (TPSA) is 0 Å². The minimum Gasteiger partial charge on any atom is -0.0776 e. The summed E-state index contributed by atoms with van der Waals surface area (Å²) in [7, 11) is 0. The van der Waals surface area contributed by atoms with E-state index in [2.05, 4.69) is 172 Å². The van der Waals surface area contributed by atoms with Crippen molar-refractivity contribution in [2.24, 2.45) is 0 Å². The minimum atomic E-state index is 0. The van der Waals surface area contributed by atoms with Crippen molar-refractivity contribution in [2.45, 2.75) is 84.6 Å². The molecule has 0 saturated carbocycles. The Morgan fingerprint density at radius 1 is 0.260 bits per heavy atom. The molecule has 8 aromatic rings. The van der Waals surface area contributed by atoms with Gasteiger partial charge in [0.2, 0.25) is 0 Å². The molecule has 0 bridgehead atoms. The quantitative estimate of drug-likeness (QED) is 0.130. The van der Waals surface area contributed by atoms with Gasteiger partial charge in [-0.1, -0.05) is 205 Å². The summed E-state index contributed by atoms with van der Waals surface area (Å²) in [5, 5.41) is 13.4. The monoisotopic (exact) mass is 665 g/mol. The molecule has 8 aromatic carbocycles. The number of hydrogen-bond acceptors (Lipinski definition) is 0. The van der Waals surface area contributed by atoms with E-state index in [1.807, 2.05) is 0 Å². The smallest absolute Gasteiger partial charge is 0.0105 e. The maximum absolute atomic E-state index is 2.29. The summed E-state index contributed by atoms with van der Waals surface area (Å²) in [4.78, 5) is 0. The normalized spacial score (nSPS) is 9.58. The Hall–Kier alpha value is -4.94. The maximum atomic E-state index is 2.29. The molecular formula is C50H64. The van der Waals surface area contributed by atoms with Crippen LogP contribution >= 0.6 is 0 Å². The second kappa shape index (κ2) is 21.2. The SMILES string of the molecule is C.C.C.C.C.C.CCc1ccc2c(ccc3ccccc32)c1.CCc1ccc2cc3ccccc3cc2c1.CCc1ccc2ccccc2c1. The van der Waals surface area contributed by atoms with Crippen LogP contribution in [0.4, 0.5) is 0 Å². The first-order valence-electron chi connectivity index (χ1n) is 15.9. The Morgan fingerprint density at radius 2 is 0.580 bits per heavy atom. The van der Waals surface area contributed by atoms with Gasteiger partial charge in [-0.15, -0.1) is 0 Å². The lowest BCUT2D eigenvalue weighted by molar-refractivity contribution is 1.15. The molecule has 0 aliphatic carbocycles. The lowest BCUT2D eigenvalue weighted by Gasteiger charge is -2.05. The second-order valence-electron chi connectivity index (χ2n) is 11.5. The average molecular weight is 665 g/mol. The van der Waals surface area contributed by atoms with Gasteiger partial charge in [0.1, 0.15) is 0 Å². The van der Waals surface area contributed by atoms with Crippen LogP contribution in [0.3, 0.4) is 0 Å². The fourth-order valence-corrected chi connectivity index (χ4v) is 5.95. The van der Waals surface area contributed by atoms with E-state index in [1.165, 1.54) is 70.6 Å². The van der Waals surface area contributed by atoms with Gasteiger partial charge in [-0.2, -0.15) is 0 Å². The zero-order valence-corrected chi connectivity index (χ0v) is 26.1. The van der Waals surface area contributed by atoms with Crippen LogP contribution in [0.5, 0.6) is 0 Å². The Morgan fingerprint density at radius 3 is 1.14 bits per heavy atom. The standard InChI is InChI=1S/2C16H14.C12H12.6CH4/c1-2-12-7-10-16-14(11-12)9-8-13-5-3-4-6-15(13)16;1-2-12-7-8-15-10-13-5-3-4-6-14(13)11-16(15)9-12;1-2-10-7-8-11-5-3-4-6-12(11)9-10;;;;;;/h2*3-11H,2H2,1H3;3-9H,2H2,1H3;6*1H4. The first kappa shape index (κ1) is 45.1. The van der Waals surface area contributed by atoms with E-state index < -0.39 is 0 Å². The summed E-state index contributed by atoms with van der Waals surface area (Å²) < 4.78 is 0. The van der Waals surface area contributed by atoms with Gasteiger partial charge in [-0.3, -0.25) is 0 Å². The molecule has 264 valence electrons. The average Bonchev–Trinajstić information content (AvgIpc) is 3.10. The fraction of sp³-hybridized carbons (Fsp3) is 0.240. The highest BCUT2D eigenvalue weighted by atomic mass is 14.1. The van der Waals surface area contributed by atoms with Gasteiger partial charge < -0.3 is 0 Å². The molecule has 0 unspecified atom stereocenters. The van der Waals surface area contributed by atoms with Crippen molar-refractivity contribution in [1.29, 1.82) is 0 Å². The molecule has 0 aromatic heterocycles. The maximum Gasteiger partial charge on any atom is -0.0105 e. The number of benzene rings is 8. The molecule has 0 heteroatoms. The third-order valence-corrected chi connectivity index (χ3v) is 8.62. The van der Waals surface area contributed by atoms with Gasteiger partial charge in [-0.05, 0) is 102 Å². The number of fused-ring (bicyclic) bond motifs is 6. The summed E-state index contributed by atoms with van der Waals surface area (Å²) in [6.07, 6.45) is 3.32. The van der Waals surface area contributed by atoms with Crippen molar-refractivity contribution in [1.82, 2.24) is 0 Å². The van der Waals surface area contributed by atoms with Crippen LogP contribution < -0.4 is 0 Å². The predicted octanol–water partition coefficient (Wildman–Crippen LogP) is 16.3. The van der Waals surface area contributed by atoms with Gasteiger partial charge in [0.05, 0.1) is 0 Å². The van der Waals surface area contributed by atoms with Crippen LogP contribution in [0.15, 0.2) is 152 Å². The number of aryl methyl sites for hydroxylation is 3. The molecule has 0 saturated heterocycles. The summed E-state index contributed by atoms with van der Waals surface area (Å²) >= 11 is 0. The van der Waals surface area contributed by atoms with Crippen molar-refractivity contribution >= 4 is 53.9 Å². The van der Waals surface area contributed by atoms with Gasteiger partial charge in [0, 0.05) is 0 Å². The fourth-order valence-electron chi connectivity index (χ4n) is 5.95. The number of hydrogen-bond donors (Lipinski definition) is 0. The molecule has 0 aliphatic heterocycles. The lowest BCUT2D eigenvalue weighted by Crippen LogP contribution is -1.81. The molecular weight excluding hydrogens is 601 g/mol. The van der Waals surface area contributed by atoms with Crippen molar-refractivity contribution in [3.8, 4) is 0 Å². The molecule has 0 aliphatic rings. The highest BCUT2D eigenvalue weighted by Crippen LogP contribution is 2.26. The third-order valence-electron chi connectivity index (χ3n) is 8.62. The highest BCUT2D eigenvalue weighted by molar-refractivity contribution is 6.07. The molecule has 0 spiro atoms. The van der Waals surface area contributed by atoms with Gasteiger partial charge in [0.15, 0.2) is 0 Å². The lowest BCUT2D eigenvalue weighted by atomic mass is 10.00. The van der Waals surface area contributed by atoms with Crippen LogP contribution in [0.25, 0.3) is 53.9 Å². The van der Waals surface area contributed by atoms with E-state index >= 15 is 0 Å². The number of rotatable bonds is 3. The van der Waals surface area contributed by atoms with Gasteiger partial charge in [0.25, 0.3) is 0 Å². The third kappa shape index (κ3) is 10.3. The van der Waals surface area contributed by atoms with Gasteiger partial charge in [-0.25, -0.2) is 0 Å². The molecule has 0 nitrogen and oxygen atoms in total. The zero-order valence-electron chi connectivity index (χ0n) is 26.1. The first-order chi connectivity index (χ1) is 21.6. The molecule has 0 heterocycles. The molecule has 0 atom stereocenters. The first-order valence-corrected chi connectivity index (χ1v) is 15.9. The molecule has 0 N–H and O–H groups in total. The summed E-state index contributed by atoms with van der Waals surface area (Å²) in [5.74, 6) is 0. The van der Waals surface area contributed by atoms with E-state index in [0.29, 0.717) is 0 Å². The highest BCUT2D eigenvalue weighted by Gasteiger charge is 2.01. The van der Waals surface area contributed by atoms with Crippen LogP contribution in [0.2, 0.25) is 0 Å². The predicted molar refractivity (Wildman–Crippen MR) is 235 cm³/mol. The zero-order chi connectivity index (χ0) is 30.3. The molecule has 50 heavy (non-hydrogen) atoms. The Bertz CT molecular complexity index is 2170. The van der Waals surface area contributed by atoms with E-state index in [-0.39, 0.29) is 44.6 Å². The van der Waals surface area contributed by atoms with Crippen LogP contribution in [-0.2, 0) is 19.3 Å². The summed E-state index contributed by atoms with van der Waals surface area (Å²) in [6.45, 7) is 6.58. The van der Waals surface area contributed by atoms with Crippen LogP contribution in [0, 0.1) is 0 Å². The molecule has 8 rings (SSSR count). The molecule has 0 fully saturated rings. The Kier molecular flexibility index (Phi) is 19.1.